The average molecular weight is 217 g/mol. The van der Waals surface area contributed by atoms with Crippen LogP contribution in [-0.2, 0) is 18.9 Å². The maximum absolute atomic E-state index is 10.8. The summed E-state index contributed by atoms with van der Waals surface area (Å²) in [6.07, 6.45) is 1.56. The summed E-state index contributed by atoms with van der Waals surface area (Å²) in [6, 6.07) is 0. The third kappa shape index (κ3) is 7.12. The second kappa shape index (κ2) is 6.91. The Morgan fingerprint density at radius 2 is 1.93 bits per heavy atom. The lowest BCUT2D eigenvalue weighted by Crippen LogP contribution is -2.24. The maximum atomic E-state index is 10.8. The van der Waals surface area contributed by atoms with E-state index >= 15 is 0 Å². The largest absolute Gasteiger partial charge is 0.481 e. The minimum absolute atomic E-state index is 0.0121. The highest BCUT2D eigenvalue weighted by Gasteiger charge is 1.99. The van der Waals surface area contributed by atoms with Crippen molar-refractivity contribution in [2.24, 2.45) is 0 Å². The number of carbonyl (C=O) groups excluding carboxylic acids is 2. The quantitative estimate of drug-likeness (QED) is 0.480. The molecule has 0 aliphatic rings. The lowest BCUT2D eigenvalue weighted by molar-refractivity contribution is -0.136. The van der Waals surface area contributed by atoms with Gasteiger partial charge < -0.3 is 10.4 Å². The molecular formula is C7H8NO5P. The molecule has 6 nitrogen and oxygen atoms in total. The van der Waals surface area contributed by atoms with Crippen molar-refractivity contribution in [2.45, 2.75) is 6.42 Å². The third-order valence-corrected chi connectivity index (χ3v) is 1.43. The molecule has 7 heteroatoms. The normalized spacial score (nSPS) is 10.3. The summed E-state index contributed by atoms with van der Waals surface area (Å²) < 4.78 is 9.91. The molecule has 0 aliphatic carbocycles. The zero-order valence-corrected chi connectivity index (χ0v) is 7.99. The Kier molecular flexibility index (Phi) is 6.15. The van der Waals surface area contributed by atoms with E-state index in [0.29, 0.717) is 0 Å². The van der Waals surface area contributed by atoms with Gasteiger partial charge in [0.25, 0.3) is 0 Å². The van der Waals surface area contributed by atoms with Crippen LogP contribution in [0.1, 0.15) is 6.42 Å². The number of carbonyl (C=O) groups is 3. The molecule has 0 atom stereocenters. The van der Waals surface area contributed by atoms with E-state index in [0.717, 1.165) is 12.2 Å². The second-order valence-corrected chi connectivity index (χ2v) is 2.82. The van der Waals surface area contributed by atoms with Gasteiger partial charge in [0.1, 0.15) is 0 Å². The van der Waals surface area contributed by atoms with Crippen molar-refractivity contribution in [2.75, 3.05) is 6.54 Å². The van der Waals surface area contributed by atoms with Gasteiger partial charge in [-0.25, -0.2) is 0 Å². The first-order valence-electron chi connectivity index (χ1n) is 3.61. The lowest BCUT2D eigenvalue weighted by atomic mass is 10.4. The van der Waals surface area contributed by atoms with Crippen molar-refractivity contribution < 1.29 is 24.1 Å². The van der Waals surface area contributed by atoms with Crippen LogP contribution in [0, 0.1) is 0 Å². The van der Waals surface area contributed by atoms with Crippen LogP contribution in [0.5, 0.6) is 0 Å². The molecule has 0 saturated carbocycles. The number of allylic oxidation sites excluding steroid dienone is 1. The number of carboxylic acids is 1. The number of hydrogen-bond donors (Lipinski definition) is 2. The molecule has 76 valence electrons. The van der Waals surface area contributed by atoms with E-state index in [1.54, 1.807) is 0 Å². The highest BCUT2D eigenvalue weighted by Crippen LogP contribution is 1.94. The minimum atomic E-state index is -1.02. The lowest BCUT2D eigenvalue weighted by Gasteiger charge is -1.96. The van der Waals surface area contributed by atoms with Gasteiger partial charge in [-0.05, 0) is 6.08 Å². The first-order valence-corrected chi connectivity index (χ1v) is 4.42. The monoisotopic (exact) mass is 217 g/mol. The van der Waals surface area contributed by atoms with Crippen LogP contribution in [0.15, 0.2) is 12.2 Å². The van der Waals surface area contributed by atoms with E-state index in [1.807, 2.05) is 0 Å². The molecule has 0 fully saturated rings. The fourth-order valence-corrected chi connectivity index (χ4v) is 0.664. The average Bonchev–Trinajstić information content (AvgIpc) is 2.13. The number of rotatable bonds is 6. The van der Waals surface area contributed by atoms with Crippen molar-refractivity contribution in [3.63, 3.8) is 0 Å². The summed E-state index contributed by atoms with van der Waals surface area (Å²) in [7, 11) is -0.687. The molecule has 0 aromatic rings. The molecular weight excluding hydrogens is 209 g/mol. The highest BCUT2D eigenvalue weighted by atomic mass is 31.1. The Morgan fingerprint density at radius 3 is 2.43 bits per heavy atom. The van der Waals surface area contributed by atoms with Gasteiger partial charge in [-0.2, -0.15) is 0 Å². The van der Waals surface area contributed by atoms with Gasteiger partial charge in [0, 0.05) is 12.6 Å². The Morgan fingerprint density at radius 1 is 1.29 bits per heavy atom. The number of hydrogen-bond acceptors (Lipinski definition) is 4. The van der Waals surface area contributed by atoms with E-state index in [1.165, 1.54) is 0 Å². The number of nitrogens with one attached hydrogen (secondary N) is 1. The summed E-state index contributed by atoms with van der Waals surface area (Å²) in [5.74, 6) is -1.62. The molecule has 0 aliphatic heterocycles. The smallest absolute Gasteiger partial charge is 0.305 e. The predicted molar refractivity (Wildman–Crippen MR) is 47.0 cm³/mol. The molecule has 0 bridgehead atoms. The Bertz CT molecular complexity index is 286. The third-order valence-electron chi connectivity index (χ3n) is 1.11. The van der Waals surface area contributed by atoms with Crippen molar-refractivity contribution in [3.05, 3.63) is 12.2 Å². The fraction of sp³-hybridized carbons (Fsp3) is 0.286. The maximum Gasteiger partial charge on any atom is 0.305 e. The van der Waals surface area contributed by atoms with Gasteiger partial charge in [0.15, 0.2) is 0 Å². The highest BCUT2D eigenvalue weighted by molar-refractivity contribution is 7.46. The van der Waals surface area contributed by atoms with Crippen molar-refractivity contribution in [3.8, 4) is 0 Å². The standard InChI is InChI=1S/C7H8NO5P/c9-5(1-2-7(12)14-13)8-4-3-6(10)11/h1-2H,3-4H2,(H,8,9)(H,10,11)/b2-1+. The zero-order chi connectivity index (χ0) is 11.0. The Labute approximate surface area is 81.2 Å². The zero-order valence-electron chi connectivity index (χ0n) is 7.10. The van der Waals surface area contributed by atoms with Crippen LogP contribution in [0.3, 0.4) is 0 Å². The first-order chi connectivity index (χ1) is 6.56. The summed E-state index contributed by atoms with van der Waals surface area (Å²) in [4.78, 5) is 31.2. The summed E-state index contributed by atoms with van der Waals surface area (Å²) in [6.45, 7) is -0.0121. The molecule has 0 aromatic heterocycles. The van der Waals surface area contributed by atoms with E-state index in [-0.39, 0.29) is 13.0 Å². The number of carboxylic acid groups (broad SMARTS) is 1. The van der Waals surface area contributed by atoms with Gasteiger partial charge in [0.05, 0.1) is 6.42 Å². The van der Waals surface area contributed by atoms with Gasteiger partial charge in [-0.3, -0.25) is 18.9 Å². The molecule has 0 saturated heterocycles. The summed E-state index contributed by atoms with van der Waals surface area (Å²) in [5.41, 5.74) is -0.724. The van der Waals surface area contributed by atoms with Gasteiger partial charge in [-0.1, -0.05) is 0 Å². The van der Waals surface area contributed by atoms with E-state index in [9.17, 15) is 18.9 Å². The van der Waals surface area contributed by atoms with Gasteiger partial charge in [-0.15, -0.1) is 0 Å². The first kappa shape index (κ1) is 12.4. The SMILES string of the molecule is O=PC(=O)/C=C/C(=O)NCCC(=O)O. The van der Waals surface area contributed by atoms with E-state index < -0.39 is 25.9 Å². The van der Waals surface area contributed by atoms with Gasteiger partial charge in [0.2, 0.25) is 19.9 Å². The summed E-state index contributed by atoms with van der Waals surface area (Å²) >= 11 is 0. The molecule has 0 heterocycles. The topological polar surface area (TPSA) is 101 Å². The second-order valence-electron chi connectivity index (χ2n) is 2.20. The number of aliphatic carboxylic acids is 1. The van der Waals surface area contributed by atoms with Crippen molar-refractivity contribution in [1.29, 1.82) is 0 Å². The van der Waals surface area contributed by atoms with E-state index in [4.69, 9.17) is 5.11 Å². The van der Waals surface area contributed by atoms with Gasteiger partial charge >= 0.3 is 5.97 Å². The predicted octanol–water partition coefficient (Wildman–Crippen LogP) is -0.0482. The number of amides is 1. The molecule has 0 radical (unpaired) electrons. The van der Waals surface area contributed by atoms with Crippen LogP contribution in [-0.4, -0.2) is 29.1 Å². The van der Waals surface area contributed by atoms with Crippen LogP contribution in [0.4, 0.5) is 0 Å². The van der Waals surface area contributed by atoms with Crippen LogP contribution in [0.2, 0.25) is 0 Å². The van der Waals surface area contributed by atoms with E-state index in [2.05, 4.69) is 5.32 Å². The molecule has 2 N–H and O–H groups in total. The van der Waals surface area contributed by atoms with Crippen LogP contribution in [0.25, 0.3) is 0 Å². The Hall–Kier alpha value is -1.55. The molecule has 0 spiro atoms. The van der Waals surface area contributed by atoms with Crippen LogP contribution >= 0.6 is 8.46 Å². The van der Waals surface area contributed by atoms with Crippen molar-refractivity contribution >= 4 is 25.9 Å². The molecule has 0 unspecified atom stereocenters. The fourth-order valence-electron chi connectivity index (χ4n) is 0.529. The minimum Gasteiger partial charge on any atom is -0.481 e. The molecule has 0 rings (SSSR count). The molecule has 1 amide bonds. The Balaban J connectivity index is 3.76. The summed E-state index contributed by atoms with van der Waals surface area (Å²) in [5, 5.41) is 10.4. The molecule has 0 aromatic carbocycles. The van der Waals surface area contributed by atoms with Crippen LogP contribution < -0.4 is 5.32 Å². The molecule has 14 heavy (non-hydrogen) atoms. The van der Waals surface area contributed by atoms with Crippen molar-refractivity contribution in [1.82, 2.24) is 5.32 Å².